The molecule has 0 saturated carbocycles. The summed E-state index contributed by atoms with van der Waals surface area (Å²) >= 11 is 0. The molecular formula is C9H13OS+. The lowest BCUT2D eigenvalue weighted by Gasteiger charge is -1.95. The van der Waals surface area contributed by atoms with Crippen LogP contribution in [0.3, 0.4) is 0 Å². The predicted octanol–water partition coefficient (Wildman–Crippen LogP) is 2.19. The van der Waals surface area contributed by atoms with Gasteiger partial charge in [-0.15, -0.1) is 0 Å². The molecule has 0 aromatic carbocycles. The molecular weight excluding hydrogens is 156 g/mol. The van der Waals surface area contributed by atoms with Crippen molar-refractivity contribution in [3.05, 3.63) is 24.2 Å². The largest absolute Gasteiger partial charge is 0.472 e. The first-order chi connectivity index (χ1) is 5.45. The van der Waals surface area contributed by atoms with Crippen molar-refractivity contribution in [3.8, 4) is 0 Å². The molecule has 11 heavy (non-hydrogen) atoms. The van der Waals surface area contributed by atoms with E-state index in [4.69, 9.17) is 4.42 Å². The Bertz CT molecular complexity index is 199. The van der Waals surface area contributed by atoms with E-state index >= 15 is 0 Å². The average molecular weight is 169 g/mol. The monoisotopic (exact) mass is 169 g/mol. The van der Waals surface area contributed by atoms with Crippen LogP contribution in [0.5, 0.6) is 0 Å². The lowest BCUT2D eigenvalue weighted by atomic mass is 10.4. The van der Waals surface area contributed by atoms with Crippen LogP contribution < -0.4 is 0 Å². The van der Waals surface area contributed by atoms with Gasteiger partial charge in [-0.1, -0.05) is 0 Å². The van der Waals surface area contributed by atoms with E-state index in [1.165, 1.54) is 35.7 Å². The Morgan fingerprint density at radius 2 is 2.18 bits per heavy atom. The first-order valence-corrected chi connectivity index (χ1v) is 5.83. The summed E-state index contributed by atoms with van der Waals surface area (Å²) in [5, 5.41) is 0. The SMILES string of the molecule is c1cc(C[S+]2CCCC2)co1. The summed E-state index contributed by atoms with van der Waals surface area (Å²) in [6.45, 7) is 0. The summed E-state index contributed by atoms with van der Waals surface area (Å²) < 4.78 is 5.03. The normalized spacial score (nSPS) is 19.3. The maximum atomic E-state index is 5.03. The summed E-state index contributed by atoms with van der Waals surface area (Å²) in [5.74, 6) is 4.16. The number of hydrogen-bond acceptors (Lipinski definition) is 1. The summed E-state index contributed by atoms with van der Waals surface area (Å²) in [6, 6.07) is 2.09. The third-order valence-corrected chi connectivity index (χ3v) is 4.54. The van der Waals surface area contributed by atoms with Gasteiger partial charge in [-0.25, -0.2) is 0 Å². The molecule has 0 unspecified atom stereocenters. The second-order valence-corrected chi connectivity index (χ2v) is 5.33. The van der Waals surface area contributed by atoms with E-state index in [1.807, 2.05) is 6.26 Å². The lowest BCUT2D eigenvalue weighted by Crippen LogP contribution is -2.05. The van der Waals surface area contributed by atoms with Crippen molar-refractivity contribution in [2.24, 2.45) is 0 Å². The van der Waals surface area contributed by atoms with E-state index < -0.39 is 0 Å². The maximum absolute atomic E-state index is 5.03. The molecule has 0 aliphatic carbocycles. The second-order valence-electron chi connectivity index (χ2n) is 3.00. The fraction of sp³-hybridized carbons (Fsp3) is 0.556. The Morgan fingerprint density at radius 3 is 2.82 bits per heavy atom. The van der Waals surface area contributed by atoms with E-state index in [0.717, 1.165) is 0 Å². The number of rotatable bonds is 2. The van der Waals surface area contributed by atoms with Crippen molar-refractivity contribution < 1.29 is 4.42 Å². The Balaban J connectivity index is 1.90. The van der Waals surface area contributed by atoms with Gasteiger partial charge in [-0.3, -0.25) is 0 Å². The molecule has 1 aromatic rings. The molecule has 2 heteroatoms. The first kappa shape index (κ1) is 7.29. The molecule has 1 saturated heterocycles. The summed E-state index contributed by atoms with van der Waals surface area (Å²) in [4.78, 5) is 0. The van der Waals surface area contributed by atoms with Crippen LogP contribution in [0.4, 0.5) is 0 Å². The zero-order valence-electron chi connectivity index (χ0n) is 6.58. The topological polar surface area (TPSA) is 13.1 Å². The molecule has 1 aromatic heterocycles. The average Bonchev–Trinajstić information content (AvgIpc) is 2.60. The van der Waals surface area contributed by atoms with Crippen molar-refractivity contribution >= 4 is 10.9 Å². The standard InChI is InChI=1S/C9H13OS/c1-2-6-11(5-1)8-9-3-4-10-7-9/h3-4,7H,1-2,5-6,8H2/q+1. The van der Waals surface area contributed by atoms with E-state index in [1.54, 1.807) is 6.26 Å². The van der Waals surface area contributed by atoms with Crippen molar-refractivity contribution in [1.82, 2.24) is 0 Å². The van der Waals surface area contributed by atoms with Crippen LogP contribution >= 0.6 is 0 Å². The van der Waals surface area contributed by atoms with Crippen LogP contribution in [-0.2, 0) is 16.6 Å². The van der Waals surface area contributed by atoms with Gasteiger partial charge >= 0.3 is 0 Å². The molecule has 60 valence electrons. The molecule has 0 spiro atoms. The molecule has 0 amide bonds. The summed E-state index contributed by atoms with van der Waals surface area (Å²) in [7, 11) is 0.683. The molecule has 2 rings (SSSR count). The molecule has 2 heterocycles. The van der Waals surface area contributed by atoms with Crippen molar-refractivity contribution in [3.63, 3.8) is 0 Å². The minimum absolute atomic E-state index is 0.683. The van der Waals surface area contributed by atoms with Crippen LogP contribution in [0.15, 0.2) is 23.0 Å². The zero-order valence-corrected chi connectivity index (χ0v) is 7.40. The Morgan fingerprint density at radius 1 is 1.36 bits per heavy atom. The molecule has 1 nitrogen and oxygen atoms in total. The fourth-order valence-electron chi connectivity index (χ4n) is 1.47. The van der Waals surface area contributed by atoms with Gasteiger partial charge in [0.25, 0.3) is 0 Å². The molecule has 1 fully saturated rings. The van der Waals surface area contributed by atoms with Gasteiger partial charge in [0.05, 0.1) is 12.5 Å². The molecule has 1 aliphatic heterocycles. The molecule has 1 aliphatic rings. The van der Waals surface area contributed by atoms with E-state index in [0.29, 0.717) is 10.9 Å². The maximum Gasteiger partial charge on any atom is 0.136 e. The van der Waals surface area contributed by atoms with Crippen LogP contribution in [-0.4, -0.2) is 11.5 Å². The third kappa shape index (κ3) is 1.80. The van der Waals surface area contributed by atoms with Gasteiger partial charge < -0.3 is 4.42 Å². The number of hydrogen-bond donors (Lipinski definition) is 0. The highest BCUT2D eigenvalue weighted by Gasteiger charge is 2.24. The van der Waals surface area contributed by atoms with Gasteiger partial charge in [-0.2, -0.15) is 0 Å². The third-order valence-electron chi connectivity index (χ3n) is 2.07. The highest BCUT2D eigenvalue weighted by Crippen LogP contribution is 2.18. The van der Waals surface area contributed by atoms with Gasteiger partial charge in [0, 0.05) is 5.56 Å². The molecule has 0 N–H and O–H groups in total. The Kier molecular flexibility index (Phi) is 2.22. The van der Waals surface area contributed by atoms with Crippen molar-refractivity contribution in [2.45, 2.75) is 18.6 Å². The van der Waals surface area contributed by atoms with Crippen molar-refractivity contribution in [1.29, 1.82) is 0 Å². The van der Waals surface area contributed by atoms with E-state index in [9.17, 15) is 0 Å². The quantitative estimate of drug-likeness (QED) is 0.618. The number of furan rings is 1. The van der Waals surface area contributed by atoms with E-state index in [-0.39, 0.29) is 0 Å². The summed E-state index contributed by atoms with van der Waals surface area (Å²) in [5.41, 5.74) is 1.38. The molecule has 0 atom stereocenters. The van der Waals surface area contributed by atoms with Crippen LogP contribution in [0.2, 0.25) is 0 Å². The molecule has 0 radical (unpaired) electrons. The summed E-state index contributed by atoms with van der Waals surface area (Å²) in [6.07, 6.45) is 6.54. The van der Waals surface area contributed by atoms with Crippen LogP contribution in [0, 0.1) is 0 Å². The minimum Gasteiger partial charge on any atom is -0.472 e. The van der Waals surface area contributed by atoms with E-state index in [2.05, 4.69) is 6.07 Å². The van der Waals surface area contributed by atoms with Gasteiger partial charge in [-0.05, 0) is 29.8 Å². The Hall–Kier alpha value is -0.370. The van der Waals surface area contributed by atoms with Gasteiger partial charge in [0.1, 0.15) is 17.3 Å². The highest BCUT2D eigenvalue weighted by molar-refractivity contribution is 7.96. The van der Waals surface area contributed by atoms with Crippen LogP contribution in [0.25, 0.3) is 0 Å². The first-order valence-electron chi connectivity index (χ1n) is 4.10. The van der Waals surface area contributed by atoms with Crippen LogP contribution in [0.1, 0.15) is 18.4 Å². The Labute approximate surface area is 70.1 Å². The lowest BCUT2D eigenvalue weighted by molar-refractivity contribution is 0.565. The zero-order chi connectivity index (χ0) is 7.52. The minimum atomic E-state index is 0.683. The predicted molar refractivity (Wildman–Crippen MR) is 48.7 cm³/mol. The molecule has 0 bridgehead atoms. The smallest absolute Gasteiger partial charge is 0.136 e. The fourth-order valence-corrected chi connectivity index (χ4v) is 3.82. The van der Waals surface area contributed by atoms with Gasteiger partial charge in [0.15, 0.2) is 0 Å². The highest BCUT2D eigenvalue weighted by atomic mass is 32.2. The second kappa shape index (κ2) is 3.35. The van der Waals surface area contributed by atoms with Crippen molar-refractivity contribution in [2.75, 3.05) is 11.5 Å². The van der Waals surface area contributed by atoms with Gasteiger partial charge in [0.2, 0.25) is 0 Å².